The van der Waals surface area contributed by atoms with Crippen molar-refractivity contribution in [2.75, 3.05) is 20.7 Å². The van der Waals surface area contributed by atoms with Crippen LogP contribution >= 0.6 is 11.3 Å². The monoisotopic (exact) mass is 441 g/mol. The van der Waals surface area contributed by atoms with Crippen LogP contribution in [-0.4, -0.2) is 58.8 Å². The van der Waals surface area contributed by atoms with Crippen molar-refractivity contribution in [2.45, 2.75) is 45.3 Å². The minimum absolute atomic E-state index is 0.213. The van der Waals surface area contributed by atoms with Crippen molar-refractivity contribution in [1.82, 2.24) is 14.9 Å². The molecule has 1 N–H and O–H groups in total. The number of ether oxygens (including phenoxy) is 2. The first-order valence-corrected chi connectivity index (χ1v) is 11.2. The molecule has 1 saturated heterocycles. The van der Waals surface area contributed by atoms with Gasteiger partial charge in [-0.25, -0.2) is 9.97 Å². The Morgan fingerprint density at radius 2 is 2.06 bits per heavy atom. The minimum atomic E-state index is -0.821. The van der Waals surface area contributed by atoms with Crippen LogP contribution in [0.4, 0.5) is 0 Å². The fraction of sp³-hybridized carbons (Fsp3) is 0.435. The Hall–Kier alpha value is -2.71. The highest BCUT2D eigenvalue weighted by Gasteiger charge is 2.36. The summed E-state index contributed by atoms with van der Waals surface area (Å²) in [6.07, 6.45) is 0.226. The molecular formula is C23H27N3O4S. The molecule has 2 aromatic heterocycles. The zero-order valence-electron chi connectivity index (χ0n) is 18.4. The van der Waals surface area contributed by atoms with Crippen LogP contribution in [0.5, 0.6) is 11.5 Å². The number of benzene rings is 1. The van der Waals surface area contributed by atoms with Crippen LogP contribution in [0, 0.1) is 6.92 Å². The van der Waals surface area contributed by atoms with E-state index in [4.69, 9.17) is 19.4 Å². The predicted molar refractivity (Wildman–Crippen MR) is 121 cm³/mol. The van der Waals surface area contributed by atoms with Crippen molar-refractivity contribution in [1.29, 1.82) is 0 Å². The molecule has 0 amide bonds. The Kier molecular flexibility index (Phi) is 5.85. The highest BCUT2D eigenvalue weighted by Crippen LogP contribution is 2.37. The summed E-state index contributed by atoms with van der Waals surface area (Å²) in [5.41, 5.74) is 3.51. The standard InChI is InChI=1S/C23H27N3O4S/c1-12(2)17-11-31-22(25-17)16-9-20(30-14-8-18(23(27)28)26(4)10-14)15-6-7-19(29-5)13(3)21(15)24-16/h6-7,9,11-12,14,18H,8,10H2,1-5H3,(H,27,28)/t14-,18+/m1/s1. The first-order chi connectivity index (χ1) is 14.8. The van der Waals surface area contributed by atoms with Crippen LogP contribution in [-0.2, 0) is 4.79 Å². The van der Waals surface area contributed by atoms with Crippen molar-refractivity contribution in [3.05, 3.63) is 34.8 Å². The lowest BCUT2D eigenvalue weighted by Gasteiger charge is -2.17. The van der Waals surface area contributed by atoms with E-state index in [9.17, 15) is 9.90 Å². The molecule has 164 valence electrons. The molecule has 3 heterocycles. The van der Waals surface area contributed by atoms with Gasteiger partial charge in [0.1, 0.15) is 34.3 Å². The van der Waals surface area contributed by atoms with Gasteiger partial charge in [-0.3, -0.25) is 9.69 Å². The molecule has 8 heteroatoms. The lowest BCUT2D eigenvalue weighted by atomic mass is 10.1. The van der Waals surface area contributed by atoms with E-state index in [-0.39, 0.29) is 6.10 Å². The van der Waals surface area contributed by atoms with Gasteiger partial charge in [0, 0.05) is 35.4 Å². The molecule has 0 unspecified atom stereocenters. The maximum Gasteiger partial charge on any atom is 0.321 e. The van der Waals surface area contributed by atoms with Gasteiger partial charge in [-0.1, -0.05) is 13.8 Å². The maximum absolute atomic E-state index is 11.5. The van der Waals surface area contributed by atoms with E-state index in [2.05, 4.69) is 19.2 Å². The fourth-order valence-electron chi connectivity index (χ4n) is 3.98. The summed E-state index contributed by atoms with van der Waals surface area (Å²) in [6.45, 7) is 6.77. The van der Waals surface area contributed by atoms with Gasteiger partial charge in [-0.15, -0.1) is 11.3 Å². The number of aryl methyl sites for hydroxylation is 1. The van der Waals surface area contributed by atoms with E-state index >= 15 is 0 Å². The maximum atomic E-state index is 11.5. The van der Waals surface area contributed by atoms with Crippen molar-refractivity contribution in [3.63, 3.8) is 0 Å². The smallest absolute Gasteiger partial charge is 0.321 e. The second kappa shape index (κ2) is 8.43. The summed E-state index contributed by atoms with van der Waals surface area (Å²) < 4.78 is 11.9. The zero-order valence-corrected chi connectivity index (χ0v) is 19.2. The molecule has 1 aliphatic rings. The van der Waals surface area contributed by atoms with Crippen LogP contribution in [0.25, 0.3) is 21.6 Å². The van der Waals surface area contributed by atoms with Crippen molar-refractivity contribution < 1.29 is 19.4 Å². The van der Waals surface area contributed by atoms with Crippen molar-refractivity contribution >= 4 is 28.2 Å². The average Bonchev–Trinajstić information content (AvgIpc) is 3.36. The number of carboxylic acid groups (broad SMARTS) is 1. The summed E-state index contributed by atoms with van der Waals surface area (Å²) in [7, 11) is 3.46. The third-order valence-corrected chi connectivity index (χ3v) is 6.67. The van der Waals surface area contributed by atoms with Gasteiger partial charge in [0.25, 0.3) is 0 Å². The topological polar surface area (TPSA) is 84.8 Å². The Morgan fingerprint density at radius 3 is 2.68 bits per heavy atom. The molecule has 0 radical (unpaired) electrons. The van der Waals surface area contributed by atoms with Crippen LogP contribution < -0.4 is 9.47 Å². The summed E-state index contributed by atoms with van der Waals surface area (Å²) in [6, 6.07) is 5.24. The molecule has 0 bridgehead atoms. The second-order valence-electron chi connectivity index (χ2n) is 8.30. The number of pyridine rings is 1. The number of likely N-dealkylation sites (N-methyl/N-ethyl adjacent to an activating group) is 1. The lowest BCUT2D eigenvalue weighted by molar-refractivity contribution is -0.141. The molecule has 0 aliphatic carbocycles. The molecule has 1 aromatic carbocycles. The third-order valence-electron chi connectivity index (χ3n) is 5.79. The van der Waals surface area contributed by atoms with Crippen molar-refractivity contribution in [2.24, 2.45) is 0 Å². The van der Waals surface area contributed by atoms with Gasteiger partial charge in [0.15, 0.2) is 0 Å². The van der Waals surface area contributed by atoms with E-state index in [1.165, 1.54) is 0 Å². The summed E-state index contributed by atoms with van der Waals surface area (Å²) in [5, 5.41) is 13.2. The fourth-order valence-corrected chi connectivity index (χ4v) is 4.92. The second-order valence-corrected chi connectivity index (χ2v) is 9.15. The van der Waals surface area contributed by atoms with Gasteiger partial charge in [-0.2, -0.15) is 0 Å². The highest BCUT2D eigenvalue weighted by atomic mass is 32.1. The number of aromatic nitrogens is 2. The number of methoxy groups -OCH3 is 1. The van der Waals surface area contributed by atoms with Crippen molar-refractivity contribution in [3.8, 4) is 22.2 Å². The molecule has 4 rings (SSSR count). The molecule has 1 aliphatic heterocycles. The number of fused-ring (bicyclic) bond motifs is 1. The number of aliphatic carboxylic acids is 1. The van der Waals surface area contributed by atoms with E-state index in [0.29, 0.717) is 24.6 Å². The molecule has 1 fully saturated rings. The van der Waals surface area contributed by atoms with E-state index in [1.807, 2.05) is 37.1 Å². The van der Waals surface area contributed by atoms with Gasteiger partial charge < -0.3 is 14.6 Å². The number of carboxylic acids is 1. The van der Waals surface area contributed by atoms with E-state index < -0.39 is 12.0 Å². The quantitative estimate of drug-likeness (QED) is 0.609. The Balaban J connectivity index is 1.79. The number of rotatable bonds is 6. The Morgan fingerprint density at radius 1 is 1.29 bits per heavy atom. The lowest BCUT2D eigenvalue weighted by Crippen LogP contribution is -2.32. The molecule has 7 nitrogen and oxygen atoms in total. The number of thiazole rings is 1. The van der Waals surface area contributed by atoms with Crippen LogP contribution in [0.3, 0.4) is 0 Å². The van der Waals surface area contributed by atoms with Gasteiger partial charge in [-0.05, 0) is 32.0 Å². The molecule has 0 saturated carbocycles. The molecule has 31 heavy (non-hydrogen) atoms. The average molecular weight is 442 g/mol. The summed E-state index contributed by atoms with van der Waals surface area (Å²) >= 11 is 1.57. The minimum Gasteiger partial charge on any atom is -0.496 e. The SMILES string of the molecule is COc1ccc2c(O[C@@H]3C[C@@H](C(=O)O)N(C)C3)cc(-c3nc(C(C)C)cs3)nc2c1C. The highest BCUT2D eigenvalue weighted by molar-refractivity contribution is 7.13. The van der Waals surface area contributed by atoms with Gasteiger partial charge >= 0.3 is 5.97 Å². The Bertz CT molecular complexity index is 1130. The number of hydrogen-bond acceptors (Lipinski definition) is 7. The van der Waals surface area contributed by atoms with E-state index in [0.717, 1.165) is 38.6 Å². The zero-order chi connectivity index (χ0) is 22.3. The molecule has 2 atom stereocenters. The van der Waals surface area contributed by atoms with Crippen LogP contribution in [0.2, 0.25) is 0 Å². The predicted octanol–water partition coefficient (Wildman–Crippen LogP) is 4.33. The Labute approximate surface area is 185 Å². The summed E-state index contributed by atoms with van der Waals surface area (Å²) in [5.74, 6) is 0.969. The van der Waals surface area contributed by atoms with Crippen LogP contribution in [0.15, 0.2) is 23.6 Å². The normalized spacial score (nSPS) is 19.3. The first-order valence-electron chi connectivity index (χ1n) is 10.3. The number of nitrogens with zero attached hydrogens (tertiary/aromatic N) is 3. The first kappa shape index (κ1) is 21.5. The number of hydrogen-bond donors (Lipinski definition) is 1. The number of carbonyl (C=O) groups is 1. The number of likely N-dealkylation sites (tertiary alicyclic amines) is 1. The molecule has 0 spiro atoms. The van der Waals surface area contributed by atoms with Crippen LogP contribution in [0.1, 0.15) is 37.4 Å². The van der Waals surface area contributed by atoms with Gasteiger partial charge in [0.2, 0.25) is 0 Å². The van der Waals surface area contributed by atoms with E-state index in [1.54, 1.807) is 18.4 Å². The summed E-state index contributed by atoms with van der Waals surface area (Å²) in [4.78, 5) is 23.0. The van der Waals surface area contributed by atoms with Gasteiger partial charge in [0.05, 0.1) is 18.3 Å². The largest absolute Gasteiger partial charge is 0.496 e. The third kappa shape index (κ3) is 4.09. The molecule has 3 aromatic rings. The molecular weight excluding hydrogens is 414 g/mol.